The van der Waals surface area contributed by atoms with Crippen molar-refractivity contribution in [1.29, 1.82) is 0 Å². The third kappa shape index (κ3) is 3.02. The number of hydrogen-bond acceptors (Lipinski definition) is 6. The largest absolute Gasteiger partial charge is 0.467 e. The van der Waals surface area contributed by atoms with Gasteiger partial charge in [0.1, 0.15) is 0 Å². The highest BCUT2D eigenvalue weighted by molar-refractivity contribution is 5.93. The molecule has 1 saturated heterocycles. The standard InChI is InChI=1S/C19H22N6O3/c1-4-14-11(2)23-25-16(26)7-15(22-17(14)25)12-5-6-24(10-12)18(27)13-8-20-19(28-3)21-9-13/h7-9,12,23H,4-6,10H2,1-3H3/t12-/m0/s1. The molecule has 0 unspecified atom stereocenters. The maximum Gasteiger partial charge on any atom is 0.316 e. The van der Waals surface area contributed by atoms with Crippen LogP contribution in [-0.2, 0) is 6.42 Å². The number of ether oxygens (including phenoxy) is 1. The molecule has 3 aromatic heterocycles. The van der Waals surface area contributed by atoms with E-state index in [1.165, 1.54) is 24.0 Å². The number of hydrogen-bond donors (Lipinski definition) is 1. The molecular weight excluding hydrogens is 360 g/mol. The molecule has 1 fully saturated rings. The Kier molecular flexibility index (Phi) is 4.58. The molecule has 146 valence electrons. The normalized spacial score (nSPS) is 16.7. The zero-order valence-electron chi connectivity index (χ0n) is 16.1. The van der Waals surface area contributed by atoms with E-state index >= 15 is 0 Å². The van der Waals surface area contributed by atoms with Crippen molar-refractivity contribution < 1.29 is 9.53 Å². The Bertz CT molecular complexity index is 1090. The lowest BCUT2D eigenvalue weighted by Crippen LogP contribution is -2.29. The summed E-state index contributed by atoms with van der Waals surface area (Å²) in [6, 6.07) is 1.79. The van der Waals surface area contributed by atoms with E-state index in [4.69, 9.17) is 9.72 Å². The highest BCUT2D eigenvalue weighted by Gasteiger charge is 2.30. The monoisotopic (exact) mass is 382 g/mol. The highest BCUT2D eigenvalue weighted by Crippen LogP contribution is 2.27. The zero-order chi connectivity index (χ0) is 19.8. The molecule has 28 heavy (non-hydrogen) atoms. The van der Waals surface area contributed by atoms with E-state index in [1.807, 2.05) is 13.8 Å². The lowest BCUT2D eigenvalue weighted by molar-refractivity contribution is 0.0789. The lowest BCUT2D eigenvalue weighted by atomic mass is 10.0. The third-order valence-corrected chi connectivity index (χ3v) is 5.25. The number of aromatic nitrogens is 5. The number of carbonyl (C=O) groups excluding carboxylic acids is 1. The zero-order valence-corrected chi connectivity index (χ0v) is 16.1. The first kappa shape index (κ1) is 18.1. The highest BCUT2D eigenvalue weighted by atomic mass is 16.5. The summed E-state index contributed by atoms with van der Waals surface area (Å²) >= 11 is 0. The van der Waals surface area contributed by atoms with Crippen molar-refractivity contribution in [2.75, 3.05) is 20.2 Å². The van der Waals surface area contributed by atoms with Gasteiger partial charge in [0.05, 0.1) is 18.4 Å². The summed E-state index contributed by atoms with van der Waals surface area (Å²) in [5.74, 6) is -0.101. The van der Waals surface area contributed by atoms with E-state index in [0.717, 1.165) is 29.8 Å². The number of methoxy groups -OCH3 is 1. The Balaban J connectivity index is 1.58. The number of nitrogens with one attached hydrogen (secondary N) is 1. The molecule has 1 aliphatic heterocycles. The van der Waals surface area contributed by atoms with E-state index < -0.39 is 0 Å². The van der Waals surface area contributed by atoms with Gasteiger partial charge in [0.2, 0.25) is 0 Å². The number of amides is 1. The molecule has 0 radical (unpaired) electrons. The second-order valence-electron chi connectivity index (χ2n) is 6.94. The van der Waals surface area contributed by atoms with Crippen LogP contribution >= 0.6 is 0 Å². The van der Waals surface area contributed by atoms with Crippen molar-refractivity contribution in [2.24, 2.45) is 0 Å². The molecule has 4 heterocycles. The quantitative estimate of drug-likeness (QED) is 0.730. The van der Waals surface area contributed by atoms with Gasteiger partial charge in [-0.15, -0.1) is 0 Å². The molecule has 1 aliphatic rings. The van der Waals surface area contributed by atoms with Gasteiger partial charge < -0.3 is 9.64 Å². The molecule has 3 aromatic rings. The summed E-state index contributed by atoms with van der Waals surface area (Å²) in [6.07, 6.45) is 4.49. The van der Waals surface area contributed by atoms with E-state index in [0.29, 0.717) is 24.3 Å². The van der Waals surface area contributed by atoms with Gasteiger partial charge in [-0.1, -0.05) is 6.92 Å². The molecule has 0 aromatic carbocycles. The molecule has 4 rings (SSSR count). The van der Waals surface area contributed by atoms with Gasteiger partial charge >= 0.3 is 6.01 Å². The average Bonchev–Trinajstić information content (AvgIpc) is 3.32. The number of carbonyl (C=O) groups is 1. The van der Waals surface area contributed by atoms with Crippen molar-refractivity contribution in [3.63, 3.8) is 0 Å². The van der Waals surface area contributed by atoms with Gasteiger partial charge in [-0.2, -0.15) is 0 Å². The second kappa shape index (κ2) is 7.06. The predicted octanol–water partition coefficient (Wildman–Crippen LogP) is 1.32. The first-order valence-corrected chi connectivity index (χ1v) is 9.28. The maximum absolute atomic E-state index is 12.7. The molecular formula is C19H22N6O3. The van der Waals surface area contributed by atoms with E-state index in [9.17, 15) is 9.59 Å². The Morgan fingerprint density at radius 3 is 2.79 bits per heavy atom. The Morgan fingerprint density at radius 2 is 2.11 bits per heavy atom. The minimum Gasteiger partial charge on any atom is -0.467 e. The molecule has 1 N–H and O–H groups in total. The smallest absolute Gasteiger partial charge is 0.316 e. The fourth-order valence-corrected chi connectivity index (χ4v) is 3.75. The Hall–Kier alpha value is -3.23. The minimum atomic E-state index is -0.130. The van der Waals surface area contributed by atoms with Gasteiger partial charge in [0, 0.05) is 48.7 Å². The molecule has 1 atom stereocenters. The molecule has 0 aliphatic carbocycles. The molecule has 0 bridgehead atoms. The Morgan fingerprint density at radius 1 is 1.36 bits per heavy atom. The van der Waals surface area contributed by atoms with Crippen LogP contribution in [0.2, 0.25) is 0 Å². The van der Waals surface area contributed by atoms with Crippen molar-refractivity contribution in [3.05, 3.63) is 51.3 Å². The summed E-state index contributed by atoms with van der Waals surface area (Å²) in [6.45, 7) is 5.10. The van der Waals surface area contributed by atoms with Crippen LogP contribution in [0.3, 0.4) is 0 Å². The van der Waals surface area contributed by atoms with Crippen LogP contribution in [0.5, 0.6) is 6.01 Å². The van der Waals surface area contributed by atoms with Crippen LogP contribution in [-0.4, -0.2) is 55.6 Å². The summed E-state index contributed by atoms with van der Waals surface area (Å²) in [4.78, 5) is 39.7. The summed E-state index contributed by atoms with van der Waals surface area (Å²) in [5, 5.41) is 3.07. The molecule has 9 nitrogen and oxygen atoms in total. The van der Waals surface area contributed by atoms with E-state index in [-0.39, 0.29) is 23.4 Å². The van der Waals surface area contributed by atoms with Crippen molar-refractivity contribution >= 4 is 11.6 Å². The maximum atomic E-state index is 12.7. The van der Waals surface area contributed by atoms with Gasteiger partial charge in [-0.05, 0) is 19.8 Å². The van der Waals surface area contributed by atoms with Crippen molar-refractivity contribution in [3.8, 4) is 6.01 Å². The van der Waals surface area contributed by atoms with Gasteiger partial charge in [-0.3, -0.25) is 14.7 Å². The lowest BCUT2D eigenvalue weighted by Gasteiger charge is -2.16. The van der Waals surface area contributed by atoms with E-state index in [1.54, 1.807) is 11.0 Å². The number of aryl methyl sites for hydroxylation is 2. The van der Waals surface area contributed by atoms with Crippen LogP contribution in [0, 0.1) is 6.92 Å². The van der Waals surface area contributed by atoms with Crippen LogP contribution in [0.25, 0.3) is 5.65 Å². The number of aromatic amines is 1. The number of nitrogens with zero attached hydrogens (tertiary/aromatic N) is 5. The van der Waals surface area contributed by atoms with E-state index in [2.05, 4.69) is 15.1 Å². The van der Waals surface area contributed by atoms with Crippen LogP contribution < -0.4 is 10.3 Å². The second-order valence-corrected chi connectivity index (χ2v) is 6.94. The average molecular weight is 382 g/mol. The third-order valence-electron chi connectivity index (χ3n) is 5.25. The number of likely N-dealkylation sites (tertiary alicyclic amines) is 1. The minimum absolute atomic E-state index is 0.0285. The Labute approximate surface area is 161 Å². The summed E-state index contributed by atoms with van der Waals surface area (Å²) in [5.41, 5.74) is 3.69. The molecule has 9 heteroatoms. The SMILES string of the molecule is CCc1c(C)[nH]n2c(=O)cc([C@H]3CCN(C(=O)c4cnc(OC)nc4)C3)nc12. The number of fused-ring (bicyclic) bond motifs is 1. The van der Waals surface area contributed by atoms with Gasteiger partial charge in [-0.25, -0.2) is 19.5 Å². The first-order valence-electron chi connectivity index (χ1n) is 9.28. The fraction of sp³-hybridized carbons (Fsp3) is 0.421. The van der Waals surface area contributed by atoms with Gasteiger partial charge in [0.15, 0.2) is 5.65 Å². The van der Waals surface area contributed by atoms with Gasteiger partial charge in [0.25, 0.3) is 11.5 Å². The topological polar surface area (TPSA) is 105 Å². The molecule has 0 saturated carbocycles. The molecule has 0 spiro atoms. The van der Waals surface area contributed by atoms with Crippen LogP contribution in [0.4, 0.5) is 0 Å². The van der Waals surface area contributed by atoms with Crippen LogP contribution in [0.1, 0.15) is 46.6 Å². The van der Waals surface area contributed by atoms with Crippen LogP contribution in [0.15, 0.2) is 23.3 Å². The van der Waals surface area contributed by atoms with Crippen molar-refractivity contribution in [2.45, 2.75) is 32.6 Å². The molecule has 1 amide bonds. The number of H-pyrrole nitrogens is 1. The van der Waals surface area contributed by atoms with Crippen molar-refractivity contribution in [1.82, 2.24) is 29.5 Å². The summed E-state index contributed by atoms with van der Waals surface area (Å²) < 4.78 is 6.42. The summed E-state index contributed by atoms with van der Waals surface area (Å²) in [7, 11) is 1.48. The fourth-order valence-electron chi connectivity index (χ4n) is 3.75. The predicted molar refractivity (Wildman–Crippen MR) is 102 cm³/mol. The first-order chi connectivity index (χ1) is 13.5. The number of rotatable bonds is 4.